The Morgan fingerprint density at radius 3 is 2.70 bits per heavy atom. The smallest absolute Gasteiger partial charge is 0.268 e. The first-order chi connectivity index (χ1) is 9.27. The number of hydrogen-bond donors (Lipinski definition) is 2. The van der Waals surface area contributed by atoms with Gasteiger partial charge in [-0.15, -0.1) is 11.3 Å². The average molecular weight is 378 g/mol. The highest BCUT2D eigenvalue weighted by molar-refractivity contribution is 9.10. The number of thiophene rings is 1. The van der Waals surface area contributed by atoms with Crippen molar-refractivity contribution in [3.63, 3.8) is 0 Å². The van der Waals surface area contributed by atoms with Gasteiger partial charge >= 0.3 is 0 Å². The number of primary sulfonamides is 1. The zero-order valence-electron chi connectivity index (χ0n) is 10.5. The molecule has 9 heteroatoms. The molecule has 2 aromatic rings. The van der Waals surface area contributed by atoms with Crippen molar-refractivity contribution in [1.82, 2.24) is 9.88 Å². The monoisotopic (exact) mass is 377 g/mol. The number of aryl methyl sites for hydroxylation is 1. The fraction of sp³-hybridized carbons (Fsp3) is 0.182. The summed E-state index contributed by atoms with van der Waals surface area (Å²) in [6, 6.07) is 4.77. The summed E-state index contributed by atoms with van der Waals surface area (Å²) in [4.78, 5) is 12.7. The summed E-state index contributed by atoms with van der Waals surface area (Å²) in [6.45, 7) is 0.252. The van der Waals surface area contributed by atoms with E-state index < -0.39 is 10.0 Å². The fourth-order valence-electron chi connectivity index (χ4n) is 1.61. The van der Waals surface area contributed by atoms with Crippen LogP contribution >= 0.6 is 27.3 Å². The number of nitrogens with two attached hydrogens (primary N) is 1. The van der Waals surface area contributed by atoms with Crippen LogP contribution in [0.1, 0.15) is 15.4 Å². The van der Waals surface area contributed by atoms with E-state index in [1.807, 2.05) is 0 Å². The number of rotatable bonds is 4. The summed E-state index contributed by atoms with van der Waals surface area (Å²) in [5, 5.41) is 7.75. The molecule has 0 spiro atoms. The molecule has 0 saturated heterocycles. The Morgan fingerprint density at radius 2 is 2.20 bits per heavy atom. The van der Waals surface area contributed by atoms with Crippen molar-refractivity contribution in [2.45, 2.75) is 10.8 Å². The highest BCUT2D eigenvalue weighted by Crippen LogP contribution is 2.20. The number of hydrogen-bond acceptors (Lipinski definition) is 4. The molecular formula is C11H12BrN3O3S2. The quantitative estimate of drug-likeness (QED) is 0.843. The van der Waals surface area contributed by atoms with E-state index >= 15 is 0 Å². The highest BCUT2D eigenvalue weighted by Gasteiger charge is 2.13. The van der Waals surface area contributed by atoms with Crippen molar-refractivity contribution >= 4 is 43.2 Å². The molecule has 0 fully saturated rings. The second-order valence-corrected chi connectivity index (χ2v) is 7.98. The molecule has 0 saturated carbocycles. The molecule has 108 valence electrons. The van der Waals surface area contributed by atoms with Crippen LogP contribution in [0.2, 0.25) is 0 Å². The van der Waals surface area contributed by atoms with E-state index in [-0.39, 0.29) is 16.7 Å². The molecule has 2 rings (SSSR count). The van der Waals surface area contributed by atoms with Crippen LogP contribution in [0.5, 0.6) is 0 Å². The fourth-order valence-corrected chi connectivity index (χ4v) is 3.86. The molecule has 0 unspecified atom stereocenters. The van der Waals surface area contributed by atoms with Gasteiger partial charge in [-0.1, -0.05) is 0 Å². The summed E-state index contributed by atoms with van der Waals surface area (Å²) < 4.78 is 24.9. The van der Waals surface area contributed by atoms with Gasteiger partial charge in [-0.3, -0.25) is 4.79 Å². The minimum Gasteiger partial charge on any atom is -0.346 e. The number of carbonyl (C=O) groups excluding carboxylic acids is 1. The van der Waals surface area contributed by atoms with Gasteiger partial charge in [0.25, 0.3) is 5.91 Å². The van der Waals surface area contributed by atoms with Crippen molar-refractivity contribution < 1.29 is 13.2 Å². The molecule has 1 amide bonds. The molecule has 0 aromatic carbocycles. The van der Waals surface area contributed by atoms with E-state index in [2.05, 4.69) is 21.2 Å². The number of sulfonamides is 1. The number of nitrogens with one attached hydrogen (secondary N) is 1. The lowest BCUT2D eigenvalue weighted by atomic mass is 10.4. The van der Waals surface area contributed by atoms with Crippen LogP contribution in [0.15, 0.2) is 33.1 Å². The number of nitrogens with zero attached hydrogens (tertiary/aromatic N) is 1. The SMILES string of the molecule is Cn1cc(Br)cc1C(=O)NCc1ccc(S(N)(=O)=O)s1. The molecule has 20 heavy (non-hydrogen) atoms. The van der Waals surface area contributed by atoms with Crippen LogP contribution in [-0.2, 0) is 23.6 Å². The largest absolute Gasteiger partial charge is 0.346 e. The maximum Gasteiger partial charge on any atom is 0.268 e. The summed E-state index contributed by atoms with van der Waals surface area (Å²) in [5.41, 5.74) is 0.514. The zero-order chi connectivity index (χ0) is 14.9. The summed E-state index contributed by atoms with van der Waals surface area (Å²) in [5.74, 6) is -0.233. The van der Waals surface area contributed by atoms with Gasteiger partial charge in [-0.25, -0.2) is 13.6 Å². The van der Waals surface area contributed by atoms with E-state index in [4.69, 9.17) is 5.14 Å². The van der Waals surface area contributed by atoms with E-state index in [9.17, 15) is 13.2 Å². The summed E-state index contributed by atoms with van der Waals surface area (Å²) in [7, 11) is -1.91. The van der Waals surface area contributed by atoms with Crippen molar-refractivity contribution in [2.24, 2.45) is 12.2 Å². The second-order valence-electron chi connectivity index (χ2n) is 4.10. The minimum atomic E-state index is -3.68. The number of aromatic nitrogens is 1. The van der Waals surface area contributed by atoms with Crippen molar-refractivity contribution in [3.8, 4) is 0 Å². The predicted molar refractivity (Wildman–Crippen MR) is 80.0 cm³/mol. The molecule has 0 aliphatic heterocycles. The third kappa shape index (κ3) is 3.48. The molecule has 0 atom stereocenters. The van der Waals surface area contributed by atoms with E-state index in [1.165, 1.54) is 6.07 Å². The van der Waals surface area contributed by atoms with Gasteiger partial charge in [-0.05, 0) is 34.1 Å². The van der Waals surface area contributed by atoms with Crippen molar-refractivity contribution in [2.75, 3.05) is 0 Å². The first kappa shape index (κ1) is 15.2. The number of halogens is 1. The second kappa shape index (κ2) is 5.68. The van der Waals surface area contributed by atoms with E-state index in [1.54, 1.807) is 29.9 Å². The molecule has 2 heterocycles. The van der Waals surface area contributed by atoms with Crippen molar-refractivity contribution in [1.29, 1.82) is 0 Å². The average Bonchev–Trinajstić information content (AvgIpc) is 2.92. The number of amides is 1. The predicted octanol–water partition coefficient (Wildman–Crippen LogP) is 1.43. The zero-order valence-corrected chi connectivity index (χ0v) is 13.7. The Labute approximate surface area is 128 Å². The Morgan fingerprint density at radius 1 is 1.50 bits per heavy atom. The maximum absolute atomic E-state index is 12.0. The lowest BCUT2D eigenvalue weighted by Gasteiger charge is -2.04. The van der Waals surface area contributed by atoms with Crippen LogP contribution in [-0.4, -0.2) is 18.9 Å². The van der Waals surface area contributed by atoms with Gasteiger partial charge in [-0.2, -0.15) is 0 Å². The first-order valence-corrected chi connectivity index (χ1v) is 8.64. The van der Waals surface area contributed by atoms with Crippen LogP contribution in [0.25, 0.3) is 0 Å². The molecule has 3 N–H and O–H groups in total. The van der Waals surface area contributed by atoms with Crippen LogP contribution < -0.4 is 10.5 Å². The van der Waals surface area contributed by atoms with Crippen LogP contribution in [0.4, 0.5) is 0 Å². The Kier molecular flexibility index (Phi) is 4.33. The summed E-state index contributed by atoms with van der Waals surface area (Å²) in [6.07, 6.45) is 1.78. The molecule has 0 bridgehead atoms. The lowest BCUT2D eigenvalue weighted by Crippen LogP contribution is -2.24. The third-order valence-electron chi connectivity index (χ3n) is 2.54. The van der Waals surface area contributed by atoms with Gasteiger partial charge in [0.2, 0.25) is 10.0 Å². The minimum absolute atomic E-state index is 0.0864. The van der Waals surface area contributed by atoms with Gasteiger partial charge < -0.3 is 9.88 Å². The van der Waals surface area contributed by atoms with E-state index in [0.29, 0.717) is 5.69 Å². The van der Waals surface area contributed by atoms with Crippen molar-refractivity contribution in [3.05, 3.63) is 39.4 Å². The van der Waals surface area contributed by atoms with Crippen LogP contribution in [0, 0.1) is 0 Å². The third-order valence-corrected chi connectivity index (χ3v) is 5.50. The summed E-state index contributed by atoms with van der Waals surface area (Å²) >= 11 is 4.34. The standard InChI is InChI=1S/C11H12BrN3O3S2/c1-15-6-7(12)4-9(15)11(16)14-5-8-2-3-10(19-8)20(13,17)18/h2-4,6H,5H2,1H3,(H,14,16)(H2,13,17,18). The molecule has 0 radical (unpaired) electrons. The molecule has 0 aliphatic carbocycles. The Balaban J connectivity index is 2.04. The molecule has 2 aromatic heterocycles. The van der Waals surface area contributed by atoms with Gasteiger partial charge in [0, 0.05) is 22.6 Å². The molecular weight excluding hydrogens is 366 g/mol. The lowest BCUT2D eigenvalue weighted by molar-refractivity contribution is 0.0943. The maximum atomic E-state index is 12.0. The first-order valence-electron chi connectivity index (χ1n) is 5.49. The Bertz CT molecular complexity index is 749. The van der Waals surface area contributed by atoms with Gasteiger partial charge in [0.15, 0.2) is 0 Å². The Hall–Kier alpha value is -1.16. The highest BCUT2D eigenvalue weighted by atomic mass is 79.9. The molecule has 0 aliphatic rings. The van der Waals surface area contributed by atoms with Gasteiger partial charge in [0.1, 0.15) is 9.90 Å². The van der Waals surface area contributed by atoms with Crippen LogP contribution in [0.3, 0.4) is 0 Å². The normalized spacial score (nSPS) is 11.6. The number of carbonyl (C=O) groups is 1. The molecule has 6 nitrogen and oxygen atoms in total. The van der Waals surface area contributed by atoms with E-state index in [0.717, 1.165) is 20.7 Å². The van der Waals surface area contributed by atoms with Gasteiger partial charge in [0.05, 0.1) is 6.54 Å². The topological polar surface area (TPSA) is 94.2 Å².